The average molecular weight is 1110 g/mol. The summed E-state index contributed by atoms with van der Waals surface area (Å²) in [4.78, 5) is 88.4. The van der Waals surface area contributed by atoms with E-state index in [1.165, 1.54) is 39.0 Å². The number of aryl methyl sites for hydroxylation is 1. The summed E-state index contributed by atoms with van der Waals surface area (Å²) in [5.74, 6) is -3.33. The van der Waals surface area contributed by atoms with Crippen molar-refractivity contribution in [2.45, 2.75) is 54.4 Å². The molecule has 0 saturated heterocycles. The Morgan fingerprint density at radius 3 is 1.41 bits per heavy atom. The molecule has 0 radical (unpaired) electrons. The fraction of sp³-hybridized carbons (Fsp3) is 0.179. The Hall–Kier alpha value is -10.2. The first-order valence-electron chi connectivity index (χ1n) is 25.8. The summed E-state index contributed by atoms with van der Waals surface area (Å²) in [5.41, 5.74) is 8.31. The maximum atomic E-state index is 13.6. The summed E-state index contributed by atoms with van der Waals surface area (Å²) in [6.45, 7) is 27.3. The average Bonchev–Trinajstić information content (AvgIpc) is 3.56. The van der Waals surface area contributed by atoms with E-state index in [-0.39, 0.29) is 89.1 Å². The Labute approximate surface area is 476 Å². The minimum atomic E-state index is -0.814. The zero-order valence-electron chi connectivity index (χ0n) is 46.6. The molecule has 0 aliphatic heterocycles. The van der Waals surface area contributed by atoms with Gasteiger partial charge in [-0.05, 0) is 141 Å². The summed E-state index contributed by atoms with van der Waals surface area (Å²) in [6, 6.07) is 36.8. The van der Waals surface area contributed by atoms with Crippen LogP contribution in [-0.4, -0.2) is 68.2 Å². The Kier molecular flexibility index (Phi) is 21.3. The highest BCUT2D eigenvalue weighted by Gasteiger charge is 2.20. The summed E-state index contributed by atoms with van der Waals surface area (Å²) < 4.78 is 44.2. The number of esters is 7. The fourth-order valence-corrected chi connectivity index (χ4v) is 7.56. The molecule has 0 atom stereocenters. The van der Waals surface area contributed by atoms with E-state index < -0.39 is 41.8 Å². The summed E-state index contributed by atoms with van der Waals surface area (Å²) in [7, 11) is 0. The molecule has 0 aliphatic rings. The fourth-order valence-electron chi connectivity index (χ4n) is 7.56. The SMILES string of the molecule is C=C(C)C(=O)OCCOC(=O)c1ccc(-c2ccc(-c3ccc(OC(=O)C(=C)C)cc3)c(CC)c2)c(OCCOC(=O)/C(C)=C/CC(=C)C(=O)Oc2cc(OC(=O)C(=C)C)ccc2-c2ccc(-c3ccc(OC(=O)C(=C)C)cc3)cc2)c1. The number of carbonyl (C=O) groups is 7. The molecule has 15 nitrogen and oxygen atoms in total. The third-order valence-electron chi connectivity index (χ3n) is 12.1. The zero-order chi connectivity index (χ0) is 59.6. The van der Waals surface area contributed by atoms with Gasteiger partial charge in [0.2, 0.25) is 0 Å². The summed E-state index contributed by atoms with van der Waals surface area (Å²) in [5, 5.41) is 0. The molecule has 0 N–H and O–H groups in total. The third kappa shape index (κ3) is 16.9. The number of benzene rings is 6. The molecule has 0 unspecified atom stereocenters. The van der Waals surface area contributed by atoms with E-state index in [0.29, 0.717) is 34.6 Å². The molecule has 0 bridgehead atoms. The second-order valence-corrected chi connectivity index (χ2v) is 18.9. The van der Waals surface area contributed by atoms with Crippen LogP contribution in [-0.2, 0) is 49.4 Å². The number of hydrogen-bond acceptors (Lipinski definition) is 15. The van der Waals surface area contributed by atoms with Crippen LogP contribution in [0.3, 0.4) is 0 Å². The first-order chi connectivity index (χ1) is 39.1. The van der Waals surface area contributed by atoms with E-state index in [0.717, 1.165) is 33.4 Å². The number of carbonyl (C=O) groups excluding carboxylic acids is 7. The molecule has 6 aromatic carbocycles. The normalized spacial score (nSPS) is 10.8. The van der Waals surface area contributed by atoms with E-state index in [1.807, 2.05) is 73.7 Å². The van der Waals surface area contributed by atoms with E-state index in [4.69, 9.17) is 37.9 Å². The van der Waals surface area contributed by atoms with Crippen LogP contribution in [0.5, 0.6) is 28.7 Å². The number of allylic oxidation sites excluding steroid dienone is 1. The molecule has 420 valence electrons. The van der Waals surface area contributed by atoms with Gasteiger partial charge in [0.1, 0.15) is 55.2 Å². The van der Waals surface area contributed by atoms with Crippen LogP contribution >= 0.6 is 0 Å². The quantitative estimate of drug-likeness (QED) is 0.0173. The molecule has 0 aliphatic carbocycles. The van der Waals surface area contributed by atoms with Crippen molar-refractivity contribution in [1.29, 1.82) is 0 Å². The zero-order valence-corrected chi connectivity index (χ0v) is 46.6. The van der Waals surface area contributed by atoms with Crippen LogP contribution in [0.15, 0.2) is 200 Å². The molecule has 6 rings (SSSR count). The van der Waals surface area contributed by atoms with Gasteiger partial charge in [-0.25, -0.2) is 33.6 Å². The van der Waals surface area contributed by atoms with Gasteiger partial charge in [-0.2, -0.15) is 0 Å². The minimum absolute atomic E-state index is 0.00363. The lowest BCUT2D eigenvalue weighted by atomic mass is 9.93. The Bertz CT molecular complexity index is 3520. The predicted octanol–water partition coefficient (Wildman–Crippen LogP) is 13.1. The van der Waals surface area contributed by atoms with Crippen molar-refractivity contribution in [2.24, 2.45) is 0 Å². The van der Waals surface area contributed by atoms with Gasteiger partial charge in [0.25, 0.3) is 0 Å². The van der Waals surface area contributed by atoms with E-state index >= 15 is 0 Å². The van der Waals surface area contributed by atoms with Crippen molar-refractivity contribution in [3.05, 3.63) is 211 Å². The van der Waals surface area contributed by atoms with Gasteiger partial charge in [-0.3, -0.25) is 0 Å². The highest BCUT2D eigenvalue weighted by atomic mass is 16.6. The Morgan fingerprint density at radius 1 is 0.402 bits per heavy atom. The second kappa shape index (κ2) is 28.6. The van der Waals surface area contributed by atoms with Crippen LogP contribution in [0.25, 0.3) is 44.5 Å². The van der Waals surface area contributed by atoms with Crippen LogP contribution in [0, 0.1) is 0 Å². The van der Waals surface area contributed by atoms with Crippen LogP contribution < -0.4 is 23.7 Å². The van der Waals surface area contributed by atoms with Crippen LogP contribution in [0.1, 0.15) is 63.9 Å². The second-order valence-electron chi connectivity index (χ2n) is 18.9. The molecule has 6 aromatic rings. The molecular formula is C67H62O15. The van der Waals surface area contributed by atoms with Crippen molar-refractivity contribution in [1.82, 2.24) is 0 Å². The smallest absolute Gasteiger partial charge is 0.339 e. The number of hydrogen-bond donors (Lipinski definition) is 0. The molecule has 0 aromatic heterocycles. The first kappa shape index (κ1) is 61.1. The molecule has 82 heavy (non-hydrogen) atoms. The van der Waals surface area contributed by atoms with E-state index in [2.05, 4.69) is 32.9 Å². The molecule has 0 amide bonds. The molecule has 0 spiro atoms. The van der Waals surface area contributed by atoms with Gasteiger partial charge in [0, 0.05) is 50.6 Å². The molecular weight excluding hydrogens is 1040 g/mol. The van der Waals surface area contributed by atoms with Gasteiger partial charge in [-0.1, -0.05) is 113 Å². The van der Waals surface area contributed by atoms with Crippen molar-refractivity contribution >= 4 is 41.8 Å². The third-order valence-corrected chi connectivity index (χ3v) is 12.1. The highest BCUT2D eigenvalue weighted by Crippen LogP contribution is 2.38. The lowest BCUT2D eigenvalue weighted by Crippen LogP contribution is -2.15. The highest BCUT2D eigenvalue weighted by molar-refractivity contribution is 5.94. The van der Waals surface area contributed by atoms with Gasteiger partial charge in [0.05, 0.1) is 5.56 Å². The van der Waals surface area contributed by atoms with Gasteiger partial charge >= 0.3 is 41.8 Å². The first-order valence-corrected chi connectivity index (χ1v) is 25.8. The van der Waals surface area contributed by atoms with Crippen molar-refractivity contribution in [3.8, 4) is 73.3 Å². The standard InChI is InChI=1S/C67H62O15/c1-12-46-37-51(23-30-56(46)49-21-27-54(28-22-49)80-63(70)42(6)7)58-31-24-52(67(74)78-36-35-76-61(68)40(2)3)38-59(58)75-33-34-77-65(72)44(10)13-14-45(11)66(73)82-60-39-55(81-64(71)43(8)9)29-32-57(60)50-17-15-47(16-18-50)48-19-25-53(26-20-48)79-62(69)41(4)5/h13,15-32,37-39H,2,4,6,8,11-12,14,33-36H2,1,3,5,7,9-10H3/b44-13+. The topological polar surface area (TPSA) is 193 Å². The maximum Gasteiger partial charge on any atom is 0.339 e. The molecule has 0 saturated carbocycles. The number of ether oxygens (including phenoxy) is 8. The number of rotatable bonds is 25. The lowest BCUT2D eigenvalue weighted by molar-refractivity contribution is -0.140. The lowest BCUT2D eigenvalue weighted by Gasteiger charge is -2.16. The van der Waals surface area contributed by atoms with E-state index in [9.17, 15) is 33.6 Å². The maximum absolute atomic E-state index is 13.6. The molecule has 0 heterocycles. The van der Waals surface area contributed by atoms with Crippen LogP contribution in [0.2, 0.25) is 0 Å². The van der Waals surface area contributed by atoms with Gasteiger partial charge in [-0.15, -0.1) is 0 Å². The van der Waals surface area contributed by atoms with Crippen LogP contribution in [0.4, 0.5) is 0 Å². The minimum Gasteiger partial charge on any atom is -0.489 e. The van der Waals surface area contributed by atoms with Gasteiger partial charge < -0.3 is 37.9 Å². The largest absolute Gasteiger partial charge is 0.489 e. The van der Waals surface area contributed by atoms with Crippen molar-refractivity contribution < 1.29 is 71.5 Å². The monoisotopic (exact) mass is 1110 g/mol. The van der Waals surface area contributed by atoms with Crippen molar-refractivity contribution in [2.75, 3.05) is 26.4 Å². The van der Waals surface area contributed by atoms with E-state index in [1.54, 1.807) is 62.4 Å². The Morgan fingerprint density at radius 2 is 0.841 bits per heavy atom. The summed E-state index contributed by atoms with van der Waals surface area (Å²) in [6.07, 6.45) is 2.04. The molecule has 0 fully saturated rings. The summed E-state index contributed by atoms with van der Waals surface area (Å²) >= 11 is 0. The Balaban J connectivity index is 1.12. The van der Waals surface area contributed by atoms with Crippen molar-refractivity contribution in [3.63, 3.8) is 0 Å². The molecule has 15 heteroatoms. The predicted molar refractivity (Wildman–Crippen MR) is 311 cm³/mol. The van der Waals surface area contributed by atoms with Gasteiger partial charge in [0.15, 0.2) is 0 Å².